The lowest BCUT2D eigenvalue weighted by atomic mass is 10.1. The molecule has 0 spiro atoms. The van der Waals surface area contributed by atoms with Gasteiger partial charge in [0, 0.05) is 26.2 Å². The van der Waals surface area contributed by atoms with E-state index in [0.717, 1.165) is 0 Å². The molecule has 0 amide bonds. The molecule has 20 heavy (non-hydrogen) atoms. The number of nitrogens with one attached hydrogen (secondary N) is 1. The lowest BCUT2D eigenvalue weighted by Gasteiger charge is -2.23. The van der Waals surface area contributed by atoms with Crippen LogP contribution in [0.5, 0.6) is 5.75 Å². The third-order valence-electron chi connectivity index (χ3n) is 2.41. The first kappa shape index (κ1) is 10.4. The van der Waals surface area contributed by atoms with Crippen molar-refractivity contribution in [3.8, 4) is 5.75 Å². The second kappa shape index (κ2) is 5.22. The molecule has 0 fully saturated rings. The molecule has 6 nitrogen and oxygen atoms in total. The summed E-state index contributed by atoms with van der Waals surface area (Å²) >= 11 is 0. The predicted octanol–water partition coefficient (Wildman–Crippen LogP) is 1.26. The number of H-pyrrole nitrogens is 1. The summed E-state index contributed by atoms with van der Waals surface area (Å²) in [5.74, 6) is -0.273. The van der Waals surface area contributed by atoms with E-state index in [9.17, 15) is 9.46 Å². The maximum atomic E-state index is 11.1. The van der Waals surface area contributed by atoms with Crippen molar-refractivity contribution in [2.45, 2.75) is 6.37 Å². The Morgan fingerprint density at radius 3 is 2.80 bits per heavy atom. The molecule has 7 heteroatoms. The van der Waals surface area contributed by atoms with Gasteiger partial charge < -0.3 is 23.8 Å². The van der Waals surface area contributed by atoms with E-state index in [0.29, 0.717) is 5.52 Å². The Balaban J connectivity index is 2.72. The van der Waals surface area contributed by atoms with Crippen LogP contribution in [0.25, 0.3) is 10.9 Å². The maximum absolute atomic E-state index is 11.1. The van der Waals surface area contributed by atoms with E-state index in [1.54, 1.807) is 6.07 Å². The van der Waals surface area contributed by atoms with E-state index in [2.05, 4.69) is 9.51 Å². The molecular formula is C13H19N2O4P. The summed E-state index contributed by atoms with van der Waals surface area (Å²) in [6, 6.07) is 4.30. The number of benzene rings is 1. The lowest BCUT2D eigenvalue weighted by Crippen LogP contribution is -2.36. The molecule has 2 N–H and O–H groups in total. The van der Waals surface area contributed by atoms with Crippen LogP contribution in [0, 0.1) is 0 Å². The topological polar surface area (TPSA) is 85.4 Å². The normalized spacial score (nSPS) is 19.6. The minimum Gasteiger partial charge on any atom is -0.746 e. The number of hydrogen-bond donors (Lipinski definition) is 2. The molecule has 0 saturated carbocycles. The van der Waals surface area contributed by atoms with Gasteiger partial charge in [-0.1, -0.05) is 6.07 Å². The van der Waals surface area contributed by atoms with Gasteiger partial charge in [-0.15, -0.1) is 0 Å². The van der Waals surface area contributed by atoms with Gasteiger partial charge in [-0.05, 0) is 17.7 Å². The Morgan fingerprint density at radius 2 is 2.20 bits per heavy atom. The van der Waals surface area contributed by atoms with Crippen LogP contribution in [-0.2, 0) is 10.9 Å². The standard InChI is InChI=1S/C13H19N2O4P/c1-15(2,3)8-7-10-9-14-11-5-4-6-12(13(10)11)19-20(16,17)18/h4-6,9,14H,7-8H2,1-3H3,(H-,16,17,18)/i7D2,8D2. The van der Waals surface area contributed by atoms with E-state index >= 15 is 0 Å². The zero-order valence-electron chi connectivity index (χ0n) is 15.4. The first-order valence-electron chi connectivity index (χ1n) is 7.84. The fourth-order valence-electron chi connectivity index (χ4n) is 1.68. The third-order valence-corrected chi connectivity index (χ3v) is 2.83. The van der Waals surface area contributed by atoms with Crippen molar-refractivity contribution in [2.75, 3.05) is 27.6 Å². The number of rotatable bonds is 5. The Labute approximate surface area is 123 Å². The van der Waals surface area contributed by atoms with E-state index in [1.807, 2.05) is 0 Å². The fraction of sp³-hybridized carbons (Fsp3) is 0.385. The summed E-state index contributed by atoms with van der Waals surface area (Å²) in [5.41, 5.74) is 0.261. The zero-order valence-corrected chi connectivity index (χ0v) is 12.3. The molecule has 0 bridgehead atoms. The number of hydrogen-bond acceptors (Lipinski definition) is 3. The van der Waals surface area contributed by atoms with E-state index < -0.39 is 20.7 Å². The van der Waals surface area contributed by atoms with Crippen LogP contribution in [0.2, 0.25) is 0 Å². The molecule has 0 aliphatic heterocycles. The van der Waals surface area contributed by atoms with Crippen LogP contribution in [-0.4, -0.2) is 42.0 Å². The highest BCUT2D eigenvalue weighted by Crippen LogP contribution is 2.38. The first-order valence-corrected chi connectivity index (χ1v) is 7.33. The molecule has 0 aliphatic carbocycles. The smallest absolute Gasteiger partial charge is 0.317 e. The molecular weight excluding hydrogens is 279 g/mol. The highest BCUT2D eigenvalue weighted by atomic mass is 31.2. The van der Waals surface area contributed by atoms with Crippen LogP contribution in [0.1, 0.15) is 11.0 Å². The van der Waals surface area contributed by atoms with Crippen molar-refractivity contribution in [3.05, 3.63) is 30.0 Å². The maximum Gasteiger partial charge on any atom is 0.317 e. The van der Waals surface area contributed by atoms with Crippen LogP contribution in [0.15, 0.2) is 24.4 Å². The van der Waals surface area contributed by atoms with Crippen LogP contribution in [0.4, 0.5) is 0 Å². The minimum absolute atomic E-state index is 0.0601. The summed E-state index contributed by atoms with van der Waals surface area (Å²) in [6.45, 7) is -2.34. The fourth-order valence-corrected chi connectivity index (χ4v) is 2.08. The Morgan fingerprint density at radius 1 is 1.50 bits per heavy atom. The summed E-state index contributed by atoms with van der Waals surface area (Å²) in [6.07, 6.45) is -1.20. The van der Waals surface area contributed by atoms with Gasteiger partial charge in [0.05, 0.1) is 30.4 Å². The highest BCUT2D eigenvalue weighted by Gasteiger charge is 2.15. The molecule has 2 rings (SSSR count). The van der Waals surface area contributed by atoms with Crippen LogP contribution < -0.4 is 9.42 Å². The number of phosphoric ester groups is 1. The molecule has 0 aliphatic rings. The largest absolute Gasteiger partial charge is 0.746 e. The SMILES string of the molecule is [2H]C([2H])(c1c[nH]c2cccc(OP(=O)([O-])O)c12)C([2H])([2H])[N+](C)(C)C. The molecule has 110 valence electrons. The molecule has 0 radical (unpaired) electrons. The second-order valence-electron chi connectivity index (χ2n) is 5.19. The van der Waals surface area contributed by atoms with Gasteiger partial charge in [-0.25, -0.2) is 0 Å². The summed E-state index contributed by atoms with van der Waals surface area (Å²) in [7, 11) is -0.544. The Bertz CT molecular complexity index is 810. The summed E-state index contributed by atoms with van der Waals surface area (Å²) < 4.78 is 48.4. The van der Waals surface area contributed by atoms with E-state index in [4.69, 9.17) is 10.4 Å². The van der Waals surface area contributed by atoms with Crippen molar-refractivity contribution in [3.63, 3.8) is 0 Å². The predicted molar refractivity (Wildman–Crippen MR) is 75.4 cm³/mol. The van der Waals surface area contributed by atoms with Gasteiger partial charge in [0.15, 0.2) is 0 Å². The number of aromatic amines is 1. The number of nitrogens with zero attached hydrogens (tertiary/aromatic N) is 1. The molecule has 1 unspecified atom stereocenters. The molecule has 1 aromatic carbocycles. The lowest BCUT2D eigenvalue weighted by molar-refractivity contribution is -0.870. The highest BCUT2D eigenvalue weighted by molar-refractivity contribution is 7.45. The minimum atomic E-state index is -5.10. The average Bonchev–Trinajstić information content (AvgIpc) is 2.80. The van der Waals surface area contributed by atoms with E-state index in [-0.39, 0.29) is 21.2 Å². The van der Waals surface area contributed by atoms with Crippen LogP contribution >= 0.6 is 7.82 Å². The van der Waals surface area contributed by atoms with Gasteiger partial charge in [-0.2, -0.15) is 0 Å². The number of aryl methyl sites for hydroxylation is 1. The van der Waals surface area contributed by atoms with Crippen molar-refractivity contribution < 1.29 is 28.8 Å². The number of likely N-dealkylation sites (N-methyl/N-ethyl adjacent to an activating group) is 1. The van der Waals surface area contributed by atoms with Crippen molar-refractivity contribution in [2.24, 2.45) is 0 Å². The first-order chi connectivity index (χ1) is 10.7. The Kier molecular flexibility index (Phi) is 2.72. The van der Waals surface area contributed by atoms with Gasteiger partial charge >= 0.3 is 7.82 Å². The molecule has 0 saturated heterocycles. The quantitative estimate of drug-likeness (QED) is 0.643. The molecule has 1 aromatic heterocycles. The number of aromatic nitrogens is 1. The molecule has 2 aromatic rings. The summed E-state index contributed by atoms with van der Waals surface area (Å²) in [5, 5.41) is 0.0601. The van der Waals surface area contributed by atoms with Crippen LogP contribution in [0.3, 0.4) is 0 Å². The number of fused-ring (bicyclic) bond motifs is 1. The molecule has 1 heterocycles. The average molecular weight is 302 g/mol. The zero-order chi connectivity index (χ0) is 18.6. The van der Waals surface area contributed by atoms with Crippen molar-refractivity contribution >= 4 is 18.7 Å². The van der Waals surface area contributed by atoms with Gasteiger partial charge in [0.2, 0.25) is 0 Å². The third kappa shape index (κ3) is 3.84. The van der Waals surface area contributed by atoms with Crippen molar-refractivity contribution in [1.29, 1.82) is 0 Å². The van der Waals surface area contributed by atoms with Gasteiger partial charge in [-0.3, -0.25) is 4.57 Å². The number of quaternary nitrogens is 1. The van der Waals surface area contributed by atoms with E-state index in [1.165, 1.54) is 39.5 Å². The Hall–Kier alpha value is -1.33. The summed E-state index contributed by atoms with van der Waals surface area (Å²) in [4.78, 5) is 22.8. The second-order valence-corrected chi connectivity index (χ2v) is 6.31. The van der Waals surface area contributed by atoms with Gasteiger partial charge in [0.25, 0.3) is 0 Å². The molecule has 1 atom stereocenters. The monoisotopic (exact) mass is 302 g/mol. The van der Waals surface area contributed by atoms with Crippen molar-refractivity contribution in [1.82, 2.24) is 4.98 Å². The van der Waals surface area contributed by atoms with Gasteiger partial charge in [0.1, 0.15) is 5.75 Å². The number of phosphoric acid groups is 1.